The van der Waals surface area contributed by atoms with E-state index >= 15 is 0 Å². The van der Waals surface area contributed by atoms with Crippen LogP contribution in [-0.4, -0.2) is 19.6 Å². The molecule has 1 aromatic rings. The molecule has 3 rings (SSSR count). The average molecular weight is 272 g/mol. The SMILES string of the molecule is CC(C)(C)C1CCN(c2ccc3c(c2)NCCC3)CC1. The van der Waals surface area contributed by atoms with Crippen molar-refractivity contribution < 1.29 is 0 Å². The van der Waals surface area contributed by atoms with Gasteiger partial charge in [-0.1, -0.05) is 26.8 Å². The Labute approximate surface area is 123 Å². The first-order valence-corrected chi connectivity index (χ1v) is 8.16. The highest BCUT2D eigenvalue weighted by Gasteiger charge is 2.28. The molecule has 1 N–H and O–H groups in total. The number of hydrogen-bond acceptors (Lipinski definition) is 2. The van der Waals surface area contributed by atoms with Gasteiger partial charge in [0.15, 0.2) is 0 Å². The van der Waals surface area contributed by atoms with Crippen LogP contribution in [0.1, 0.15) is 45.6 Å². The van der Waals surface area contributed by atoms with E-state index < -0.39 is 0 Å². The van der Waals surface area contributed by atoms with Crippen molar-refractivity contribution in [1.29, 1.82) is 0 Å². The van der Waals surface area contributed by atoms with Crippen LogP contribution < -0.4 is 10.2 Å². The van der Waals surface area contributed by atoms with Gasteiger partial charge in [-0.05, 0) is 54.7 Å². The highest BCUT2D eigenvalue weighted by molar-refractivity contribution is 5.63. The molecule has 0 amide bonds. The van der Waals surface area contributed by atoms with Gasteiger partial charge in [0, 0.05) is 31.0 Å². The number of piperidine rings is 1. The molecular formula is C18H28N2. The van der Waals surface area contributed by atoms with Crippen molar-refractivity contribution >= 4 is 11.4 Å². The van der Waals surface area contributed by atoms with Crippen molar-refractivity contribution in [3.63, 3.8) is 0 Å². The Morgan fingerprint density at radius 1 is 1.15 bits per heavy atom. The molecule has 0 aromatic heterocycles. The van der Waals surface area contributed by atoms with Crippen molar-refractivity contribution in [2.24, 2.45) is 11.3 Å². The van der Waals surface area contributed by atoms with E-state index in [4.69, 9.17) is 0 Å². The van der Waals surface area contributed by atoms with Crippen molar-refractivity contribution in [3.05, 3.63) is 23.8 Å². The standard InChI is InChI=1S/C18H28N2/c1-18(2,3)15-8-11-20(12-9-15)16-7-6-14-5-4-10-19-17(14)13-16/h6-7,13,15,19H,4-5,8-12H2,1-3H3. The zero-order valence-electron chi connectivity index (χ0n) is 13.2. The summed E-state index contributed by atoms with van der Waals surface area (Å²) in [6.45, 7) is 10.7. The van der Waals surface area contributed by atoms with Gasteiger partial charge >= 0.3 is 0 Å². The molecule has 110 valence electrons. The Balaban J connectivity index is 1.69. The molecule has 0 atom stereocenters. The van der Waals surface area contributed by atoms with Gasteiger partial charge in [-0.25, -0.2) is 0 Å². The van der Waals surface area contributed by atoms with E-state index in [1.54, 1.807) is 0 Å². The molecule has 0 saturated carbocycles. The molecule has 0 spiro atoms. The monoisotopic (exact) mass is 272 g/mol. The minimum absolute atomic E-state index is 0.462. The molecular weight excluding hydrogens is 244 g/mol. The summed E-state index contributed by atoms with van der Waals surface area (Å²) >= 11 is 0. The predicted molar refractivity (Wildman–Crippen MR) is 87.6 cm³/mol. The highest BCUT2D eigenvalue weighted by Crippen LogP contribution is 2.36. The van der Waals surface area contributed by atoms with E-state index in [9.17, 15) is 0 Å². The number of fused-ring (bicyclic) bond motifs is 1. The summed E-state index contributed by atoms with van der Waals surface area (Å²) in [5.41, 5.74) is 4.73. The quantitative estimate of drug-likeness (QED) is 0.819. The number of nitrogens with one attached hydrogen (secondary N) is 1. The first-order chi connectivity index (χ1) is 9.54. The fourth-order valence-corrected chi connectivity index (χ4v) is 3.65. The largest absolute Gasteiger partial charge is 0.385 e. The van der Waals surface area contributed by atoms with Gasteiger partial charge in [0.05, 0.1) is 0 Å². The van der Waals surface area contributed by atoms with Crippen LogP contribution in [0.4, 0.5) is 11.4 Å². The molecule has 0 bridgehead atoms. The van der Waals surface area contributed by atoms with E-state index in [0.717, 1.165) is 12.5 Å². The number of anilines is 2. The molecule has 2 nitrogen and oxygen atoms in total. The van der Waals surface area contributed by atoms with Crippen molar-refractivity contribution in [3.8, 4) is 0 Å². The van der Waals surface area contributed by atoms with Crippen molar-refractivity contribution in [1.82, 2.24) is 0 Å². The second kappa shape index (κ2) is 5.31. The van der Waals surface area contributed by atoms with Gasteiger partial charge in [0.25, 0.3) is 0 Å². The molecule has 2 aliphatic rings. The van der Waals surface area contributed by atoms with E-state index in [1.165, 1.54) is 55.7 Å². The van der Waals surface area contributed by atoms with Crippen molar-refractivity contribution in [2.45, 2.75) is 46.5 Å². The smallest absolute Gasteiger partial charge is 0.0393 e. The third-order valence-electron chi connectivity index (χ3n) is 5.12. The van der Waals surface area contributed by atoms with Crippen LogP contribution in [-0.2, 0) is 6.42 Å². The van der Waals surface area contributed by atoms with Crippen LogP contribution in [0, 0.1) is 11.3 Å². The van der Waals surface area contributed by atoms with Crippen LogP contribution in [0.15, 0.2) is 18.2 Å². The summed E-state index contributed by atoms with van der Waals surface area (Å²) in [4.78, 5) is 2.57. The van der Waals surface area contributed by atoms with Crippen molar-refractivity contribution in [2.75, 3.05) is 29.9 Å². The molecule has 20 heavy (non-hydrogen) atoms. The normalized spacial score (nSPS) is 20.4. The van der Waals surface area contributed by atoms with Crippen LogP contribution in [0.2, 0.25) is 0 Å². The number of benzene rings is 1. The number of rotatable bonds is 1. The zero-order valence-corrected chi connectivity index (χ0v) is 13.2. The number of nitrogens with zero attached hydrogens (tertiary/aromatic N) is 1. The van der Waals surface area contributed by atoms with Crippen LogP contribution >= 0.6 is 0 Å². The molecule has 0 unspecified atom stereocenters. The fraction of sp³-hybridized carbons (Fsp3) is 0.667. The third-order valence-corrected chi connectivity index (χ3v) is 5.12. The number of aryl methyl sites for hydroxylation is 1. The number of hydrogen-bond donors (Lipinski definition) is 1. The molecule has 1 aromatic carbocycles. The molecule has 0 radical (unpaired) electrons. The van der Waals surface area contributed by atoms with Gasteiger partial charge in [-0.2, -0.15) is 0 Å². The second-order valence-electron chi connectivity index (χ2n) is 7.50. The molecule has 2 heterocycles. The molecule has 1 saturated heterocycles. The zero-order chi connectivity index (χ0) is 14.2. The summed E-state index contributed by atoms with van der Waals surface area (Å²) in [5, 5.41) is 3.55. The second-order valence-corrected chi connectivity index (χ2v) is 7.50. The molecule has 1 fully saturated rings. The topological polar surface area (TPSA) is 15.3 Å². The lowest BCUT2D eigenvalue weighted by Gasteiger charge is -2.40. The van der Waals surface area contributed by atoms with Gasteiger partial charge in [0.2, 0.25) is 0 Å². The van der Waals surface area contributed by atoms with Gasteiger partial charge < -0.3 is 10.2 Å². The third kappa shape index (κ3) is 2.79. The van der Waals surface area contributed by atoms with Crippen LogP contribution in [0.5, 0.6) is 0 Å². The van der Waals surface area contributed by atoms with E-state index in [2.05, 4.69) is 49.2 Å². The Bertz CT molecular complexity index is 465. The van der Waals surface area contributed by atoms with E-state index in [-0.39, 0.29) is 0 Å². The first-order valence-electron chi connectivity index (χ1n) is 8.16. The summed E-state index contributed by atoms with van der Waals surface area (Å²) in [6, 6.07) is 7.02. The summed E-state index contributed by atoms with van der Waals surface area (Å²) in [6.07, 6.45) is 5.15. The maximum atomic E-state index is 3.55. The summed E-state index contributed by atoms with van der Waals surface area (Å²) in [7, 11) is 0. The molecule has 2 heteroatoms. The average Bonchev–Trinajstić information content (AvgIpc) is 2.46. The minimum atomic E-state index is 0.462. The Morgan fingerprint density at radius 3 is 2.60 bits per heavy atom. The van der Waals surface area contributed by atoms with E-state index in [0.29, 0.717) is 5.41 Å². The lowest BCUT2D eigenvalue weighted by atomic mass is 9.75. The van der Waals surface area contributed by atoms with Crippen LogP contribution in [0.3, 0.4) is 0 Å². The van der Waals surface area contributed by atoms with Crippen LogP contribution in [0.25, 0.3) is 0 Å². The minimum Gasteiger partial charge on any atom is -0.385 e. The van der Waals surface area contributed by atoms with E-state index in [1.807, 2.05) is 0 Å². The maximum absolute atomic E-state index is 3.55. The van der Waals surface area contributed by atoms with Gasteiger partial charge in [-0.3, -0.25) is 0 Å². The highest BCUT2D eigenvalue weighted by atomic mass is 15.1. The summed E-state index contributed by atoms with van der Waals surface area (Å²) < 4.78 is 0. The lowest BCUT2D eigenvalue weighted by molar-refractivity contribution is 0.199. The first kappa shape index (κ1) is 13.8. The molecule has 2 aliphatic heterocycles. The Kier molecular flexibility index (Phi) is 3.66. The van der Waals surface area contributed by atoms with Gasteiger partial charge in [0.1, 0.15) is 0 Å². The Hall–Kier alpha value is -1.18. The fourth-order valence-electron chi connectivity index (χ4n) is 3.65. The van der Waals surface area contributed by atoms with Gasteiger partial charge in [-0.15, -0.1) is 0 Å². The Morgan fingerprint density at radius 2 is 1.90 bits per heavy atom. The summed E-state index contributed by atoms with van der Waals surface area (Å²) in [5.74, 6) is 0.870. The predicted octanol–water partition coefficient (Wildman–Crippen LogP) is 4.31. The lowest BCUT2D eigenvalue weighted by Crippen LogP contribution is -2.38. The maximum Gasteiger partial charge on any atom is 0.0393 e. The molecule has 0 aliphatic carbocycles.